The Morgan fingerprint density at radius 1 is 1.29 bits per heavy atom. The number of benzene rings is 1. The summed E-state index contributed by atoms with van der Waals surface area (Å²) in [6.07, 6.45) is 0. The lowest BCUT2D eigenvalue weighted by Gasteiger charge is -2.27. The third-order valence-electron chi connectivity index (χ3n) is 2.65. The lowest BCUT2D eigenvalue weighted by atomic mass is 10.3. The molecule has 0 amide bonds. The van der Waals surface area contributed by atoms with Gasteiger partial charge in [0.05, 0.1) is 26.0 Å². The summed E-state index contributed by atoms with van der Waals surface area (Å²) in [6, 6.07) is 7.50. The first-order valence-corrected chi connectivity index (χ1v) is 5.60. The topological polar surface area (TPSA) is 60.1 Å². The predicted molar refractivity (Wildman–Crippen MR) is 66.7 cm³/mol. The monoisotopic (exact) mass is 235 g/mol. The molecule has 1 heterocycles. The Balaban J connectivity index is 2.05. The smallest absolute Gasteiger partial charge is 0.196 e. The number of morpholine rings is 1. The highest BCUT2D eigenvalue weighted by molar-refractivity contribution is 5.81. The van der Waals surface area contributed by atoms with Crippen LogP contribution in [-0.2, 0) is 4.74 Å². The molecule has 0 aromatic heterocycles. The van der Waals surface area contributed by atoms with Gasteiger partial charge < -0.3 is 20.1 Å². The van der Waals surface area contributed by atoms with Gasteiger partial charge >= 0.3 is 0 Å². The molecule has 0 radical (unpaired) electrons. The molecule has 1 saturated heterocycles. The molecule has 1 fully saturated rings. The first kappa shape index (κ1) is 11.7. The van der Waals surface area contributed by atoms with Crippen LogP contribution in [0.15, 0.2) is 29.3 Å². The van der Waals surface area contributed by atoms with Crippen molar-refractivity contribution in [2.45, 2.75) is 0 Å². The highest BCUT2D eigenvalue weighted by Crippen LogP contribution is 2.17. The molecular weight excluding hydrogens is 218 g/mol. The van der Waals surface area contributed by atoms with Gasteiger partial charge in [-0.3, -0.25) is 0 Å². The van der Waals surface area contributed by atoms with Crippen LogP contribution in [0.3, 0.4) is 0 Å². The summed E-state index contributed by atoms with van der Waals surface area (Å²) in [5, 5.41) is 0. The number of nitrogens with zero attached hydrogens (tertiary/aromatic N) is 2. The maximum absolute atomic E-state index is 5.94. The van der Waals surface area contributed by atoms with Crippen LogP contribution in [-0.4, -0.2) is 44.3 Å². The average Bonchev–Trinajstić information content (AvgIpc) is 2.40. The summed E-state index contributed by atoms with van der Waals surface area (Å²) >= 11 is 0. The summed E-state index contributed by atoms with van der Waals surface area (Å²) in [6.45, 7) is 3.01. The molecule has 0 bridgehead atoms. The summed E-state index contributed by atoms with van der Waals surface area (Å²) in [5.74, 6) is 1.35. The van der Waals surface area contributed by atoms with Crippen LogP contribution in [0.5, 0.6) is 5.75 Å². The van der Waals surface area contributed by atoms with Gasteiger partial charge in [-0.25, -0.2) is 4.99 Å². The van der Waals surface area contributed by atoms with Gasteiger partial charge in [0.25, 0.3) is 0 Å². The van der Waals surface area contributed by atoms with Gasteiger partial charge in [-0.15, -0.1) is 0 Å². The van der Waals surface area contributed by atoms with Crippen molar-refractivity contribution in [3.8, 4) is 5.75 Å². The molecule has 0 unspecified atom stereocenters. The normalized spacial score (nSPS) is 17.0. The molecular formula is C12H17N3O2. The first-order chi connectivity index (χ1) is 8.29. The molecule has 5 heteroatoms. The van der Waals surface area contributed by atoms with E-state index in [0.717, 1.165) is 24.5 Å². The predicted octanol–water partition coefficient (Wildman–Crippen LogP) is 0.974. The van der Waals surface area contributed by atoms with Crippen molar-refractivity contribution >= 4 is 11.6 Å². The van der Waals surface area contributed by atoms with Gasteiger partial charge in [0.15, 0.2) is 5.96 Å². The lowest BCUT2D eigenvalue weighted by molar-refractivity contribution is 0.0675. The van der Waals surface area contributed by atoms with E-state index in [1.807, 2.05) is 29.2 Å². The Bertz CT molecular complexity index is 383. The lowest BCUT2D eigenvalue weighted by Crippen LogP contribution is -2.44. The van der Waals surface area contributed by atoms with E-state index in [9.17, 15) is 0 Å². The molecule has 5 nitrogen and oxygen atoms in total. The zero-order valence-electron chi connectivity index (χ0n) is 9.93. The van der Waals surface area contributed by atoms with Gasteiger partial charge in [0.2, 0.25) is 0 Å². The third kappa shape index (κ3) is 3.10. The van der Waals surface area contributed by atoms with Crippen LogP contribution < -0.4 is 10.5 Å². The zero-order chi connectivity index (χ0) is 12.1. The summed E-state index contributed by atoms with van der Waals surface area (Å²) in [4.78, 5) is 6.39. The van der Waals surface area contributed by atoms with Gasteiger partial charge in [-0.1, -0.05) is 0 Å². The van der Waals surface area contributed by atoms with Crippen LogP contribution in [0.1, 0.15) is 0 Å². The summed E-state index contributed by atoms with van der Waals surface area (Å²) in [5.41, 5.74) is 6.77. The van der Waals surface area contributed by atoms with E-state index in [1.165, 1.54) is 0 Å². The van der Waals surface area contributed by atoms with Gasteiger partial charge in [-0.2, -0.15) is 0 Å². The molecule has 17 heavy (non-hydrogen) atoms. The van der Waals surface area contributed by atoms with Crippen LogP contribution in [0.25, 0.3) is 0 Å². The largest absolute Gasteiger partial charge is 0.497 e. The quantitative estimate of drug-likeness (QED) is 0.613. The number of hydrogen-bond acceptors (Lipinski definition) is 3. The molecule has 92 valence electrons. The van der Waals surface area contributed by atoms with E-state index >= 15 is 0 Å². The molecule has 0 spiro atoms. The van der Waals surface area contributed by atoms with Crippen LogP contribution in [0.2, 0.25) is 0 Å². The molecule has 1 aromatic rings. The maximum atomic E-state index is 5.94. The van der Waals surface area contributed by atoms with Crippen molar-refractivity contribution in [2.75, 3.05) is 33.4 Å². The zero-order valence-corrected chi connectivity index (χ0v) is 9.93. The number of methoxy groups -OCH3 is 1. The van der Waals surface area contributed by atoms with Crippen LogP contribution in [0, 0.1) is 0 Å². The molecule has 1 aromatic carbocycles. The second-order valence-corrected chi connectivity index (χ2v) is 3.77. The van der Waals surface area contributed by atoms with Crippen LogP contribution in [0.4, 0.5) is 5.69 Å². The molecule has 2 N–H and O–H groups in total. The van der Waals surface area contributed by atoms with Crippen molar-refractivity contribution in [3.05, 3.63) is 24.3 Å². The summed E-state index contributed by atoms with van der Waals surface area (Å²) < 4.78 is 10.3. The number of nitrogens with two attached hydrogens (primary N) is 1. The van der Waals surface area contributed by atoms with E-state index in [4.69, 9.17) is 15.2 Å². The van der Waals surface area contributed by atoms with Crippen molar-refractivity contribution < 1.29 is 9.47 Å². The first-order valence-electron chi connectivity index (χ1n) is 5.60. The standard InChI is InChI=1S/C12H17N3O2/c1-16-11-4-2-10(3-5-11)14-12(13)15-6-8-17-9-7-15/h2-5H,6-9H2,1H3,(H2,13,14). The highest BCUT2D eigenvalue weighted by Gasteiger charge is 2.12. The minimum atomic E-state index is 0.540. The van der Waals surface area contributed by atoms with E-state index in [1.54, 1.807) is 7.11 Å². The van der Waals surface area contributed by atoms with E-state index in [2.05, 4.69) is 4.99 Å². The average molecular weight is 235 g/mol. The number of hydrogen-bond donors (Lipinski definition) is 1. The van der Waals surface area contributed by atoms with E-state index in [-0.39, 0.29) is 0 Å². The minimum absolute atomic E-state index is 0.540. The molecule has 2 rings (SSSR count). The van der Waals surface area contributed by atoms with E-state index in [0.29, 0.717) is 19.2 Å². The number of aliphatic imine (C=N–C) groups is 1. The Hall–Kier alpha value is -1.75. The maximum Gasteiger partial charge on any atom is 0.196 e. The van der Waals surface area contributed by atoms with E-state index < -0.39 is 0 Å². The fraction of sp³-hybridized carbons (Fsp3) is 0.417. The van der Waals surface area contributed by atoms with Crippen LogP contribution >= 0.6 is 0 Å². The second kappa shape index (κ2) is 5.54. The number of rotatable bonds is 2. The molecule has 0 atom stereocenters. The minimum Gasteiger partial charge on any atom is -0.497 e. The molecule has 0 aliphatic carbocycles. The fourth-order valence-electron chi connectivity index (χ4n) is 1.65. The van der Waals surface area contributed by atoms with Gasteiger partial charge in [0.1, 0.15) is 5.75 Å². The number of ether oxygens (including phenoxy) is 2. The third-order valence-corrected chi connectivity index (χ3v) is 2.65. The Kier molecular flexibility index (Phi) is 3.82. The number of guanidine groups is 1. The summed E-state index contributed by atoms with van der Waals surface area (Å²) in [7, 11) is 1.64. The molecule has 1 aliphatic heterocycles. The van der Waals surface area contributed by atoms with Crippen molar-refractivity contribution in [1.29, 1.82) is 0 Å². The van der Waals surface area contributed by atoms with Crippen molar-refractivity contribution in [2.24, 2.45) is 10.7 Å². The Morgan fingerprint density at radius 2 is 1.94 bits per heavy atom. The molecule has 1 aliphatic rings. The Labute approximate surface area is 101 Å². The van der Waals surface area contributed by atoms with Gasteiger partial charge in [0, 0.05) is 13.1 Å². The second-order valence-electron chi connectivity index (χ2n) is 3.77. The fourth-order valence-corrected chi connectivity index (χ4v) is 1.65. The molecule has 0 saturated carbocycles. The van der Waals surface area contributed by atoms with Gasteiger partial charge in [-0.05, 0) is 24.3 Å². The van der Waals surface area contributed by atoms with Crippen molar-refractivity contribution in [3.63, 3.8) is 0 Å². The van der Waals surface area contributed by atoms with Crippen molar-refractivity contribution in [1.82, 2.24) is 4.90 Å². The highest BCUT2D eigenvalue weighted by atomic mass is 16.5. The Morgan fingerprint density at radius 3 is 2.53 bits per heavy atom. The SMILES string of the molecule is COc1ccc(N=C(N)N2CCOCC2)cc1.